The van der Waals surface area contributed by atoms with Gasteiger partial charge in [-0.25, -0.2) is 4.68 Å². The first-order chi connectivity index (χ1) is 15.2. The first-order valence-corrected chi connectivity index (χ1v) is 10.5. The predicted octanol–water partition coefficient (Wildman–Crippen LogP) is 2.52. The van der Waals surface area contributed by atoms with Gasteiger partial charge in [-0.05, 0) is 29.8 Å². The Morgan fingerprint density at radius 2 is 1.77 bits per heavy atom. The second kappa shape index (κ2) is 8.39. The van der Waals surface area contributed by atoms with E-state index in [0.717, 1.165) is 30.1 Å². The van der Waals surface area contributed by atoms with Crippen molar-refractivity contribution in [2.24, 2.45) is 0 Å². The van der Waals surface area contributed by atoms with Gasteiger partial charge in [0.1, 0.15) is 11.9 Å². The topological polar surface area (TPSA) is 72.7 Å². The summed E-state index contributed by atoms with van der Waals surface area (Å²) in [5.74, 6) is 0.738. The fraction of sp³-hybridized carbons (Fsp3) is 0.348. The Morgan fingerprint density at radius 1 is 1.03 bits per heavy atom. The molecule has 3 aromatic rings. The summed E-state index contributed by atoms with van der Waals surface area (Å²) in [6, 6.07) is 18.1. The number of fused-ring (bicyclic) bond motifs is 1. The second-order valence-corrected chi connectivity index (χ2v) is 7.75. The number of aromatic nitrogens is 3. The fourth-order valence-electron chi connectivity index (χ4n) is 4.15. The van der Waals surface area contributed by atoms with E-state index in [-0.39, 0.29) is 12.0 Å². The van der Waals surface area contributed by atoms with Crippen LogP contribution in [0.3, 0.4) is 0 Å². The van der Waals surface area contributed by atoms with Crippen LogP contribution in [0.2, 0.25) is 0 Å². The molecule has 2 aliphatic heterocycles. The van der Waals surface area contributed by atoms with E-state index in [1.807, 2.05) is 47.4 Å². The zero-order valence-electron chi connectivity index (χ0n) is 17.5. The van der Waals surface area contributed by atoms with E-state index in [2.05, 4.69) is 27.3 Å². The number of amides is 1. The molecule has 2 aromatic carbocycles. The zero-order valence-corrected chi connectivity index (χ0v) is 17.5. The lowest BCUT2D eigenvalue weighted by molar-refractivity contribution is -0.00198. The zero-order chi connectivity index (χ0) is 21.2. The lowest BCUT2D eigenvalue weighted by Crippen LogP contribution is -2.49. The molecule has 31 heavy (non-hydrogen) atoms. The molecule has 5 rings (SSSR count). The first-order valence-electron chi connectivity index (χ1n) is 10.5. The summed E-state index contributed by atoms with van der Waals surface area (Å²) in [5, 5.41) is 8.46. The molecule has 0 radical (unpaired) electrons. The third kappa shape index (κ3) is 3.86. The van der Waals surface area contributed by atoms with Gasteiger partial charge in [0.15, 0.2) is 5.69 Å². The van der Waals surface area contributed by atoms with E-state index >= 15 is 0 Å². The van der Waals surface area contributed by atoms with Crippen LogP contribution in [0.15, 0.2) is 54.6 Å². The molecule has 0 bridgehead atoms. The van der Waals surface area contributed by atoms with Gasteiger partial charge in [0.2, 0.25) is 0 Å². The minimum atomic E-state index is -0.127. The van der Waals surface area contributed by atoms with Crippen molar-refractivity contribution in [3.63, 3.8) is 0 Å². The van der Waals surface area contributed by atoms with Crippen LogP contribution in [-0.4, -0.2) is 59.1 Å². The summed E-state index contributed by atoms with van der Waals surface area (Å²) in [5.41, 5.74) is 3.39. The van der Waals surface area contributed by atoms with Crippen LogP contribution < -0.4 is 9.64 Å². The van der Waals surface area contributed by atoms with Crippen LogP contribution in [0.4, 0.5) is 5.69 Å². The highest BCUT2D eigenvalue weighted by Gasteiger charge is 2.31. The van der Waals surface area contributed by atoms with Crippen LogP contribution in [0, 0.1) is 0 Å². The molecule has 0 aliphatic carbocycles. The molecule has 1 atom stereocenters. The van der Waals surface area contributed by atoms with E-state index < -0.39 is 0 Å². The van der Waals surface area contributed by atoms with Crippen molar-refractivity contribution in [1.82, 2.24) is 19.9 Å². The maximum absolute atomic E-state index is 13.1. The number of piperazine rings is 1. The number of anilines is 1. The van der Waals surface area contributed by atoms with Crippen molar-refractivity contribution in [2.75, 3.05) is 38.2 Å². The largest absolute Gasteiger partial charge is 0.497 e. The van der Waals surface area contributed by atoms with E-state index in [4.69, 9.17) is 9.47 Å². The molecule has 1 aromatic heterocycles. The van der Waals surface area contributed by atoms with Crippen LogP contribution >= 0.6 is 0 Å². The molecule has 1 saturated heterocycles. The number of para-hydroxylation sites is 1. The SMILES string of the molecule is COc1ccc(C2Cn3nnc(C(=O)N4CCN(c5ccccc5)CC4)c3CO2)cc1. The van der Waals surface area contributed by atoms with E-state index in [1.54, 1.807) is 11.8 Å². The fourth-order valence-corrected chi connectivity index (χ4v) is 4.15. The predicted molar refractivity (Wildman–Crippen MR) is 115 cm³/mol. The quantitative estimate of drug-likeness (QED) is 0.647. The first kappa shape index (κ1) is 19.6. The van der Waals surface area contributed by atoms with E-state index in [0.29, 0.717) is 31.9 Å². The van der Waals surface area contributed by atoms with Gasteiger partial charge in [-0.15, -0.1) is 5.10 Å². The van der Waals surface area contributed by atoms with Gasteiger partial charge in [-0.1, -0.05) is 35.5 Å². The van der Waals surface area contributed by atoms with Crippen molar-refractivity contribution < 1.29 is 14.3 Å². The minimum absolute atomic E-state index is 0.0690. The summed E-state index contributed by atoms with van der Waals surface area (Å²) >= 11 is 0. The lowest BCUT2D eigenvalue weighted by atomic mass is 10.1. The smallest absolute Gasteiger partial charge is 0.276 e. The Morgan fingerprint density at radius 3 is 2.48 bits per heavy atom. The number of methoxy groups -OCH3 is 1. The molecule has 2 aliphatic rings. The number of rotatable bonds is 4. The molecular weight excluding hydrogens is 394 g/mol. The van der Waals surface area contributed by atoms with E-state index in [1.165, 1.54) is 5.69 Å². The van der Waals surface area contributed by atoms with Crippen LogP contribution in [-0.2, 0) is 17.9 Å². The maximum Gasteiger partial charge on any atom is 0.276 e. The highest BCUT2D eigenvalue weighted by molar-refractivity contribution is 5.93. The van der Waals surface area contributed by atoms with E-state index in [9.17, 15) is 4.79 Å². The highest BCUT2D eigenvalue weighted by Crippen LogP contribution is 2.28. The average Bonchev–Trinajstić information content (AvgIpc) is 3.27. The maximum atomic E-state index is 13.1. The summed E-state index contributed by atoms with van der Waals surface area (Å²) in [6.07, 6.45) is -0.127. The number of carbonyl (C=O) groups is 1. The molecule has 8 heteroatoms. The van der Waals surface area contributed by atoms with Gasteiger partial charge >= 0.3 is 0 Å². The number of hydrogen-bond acceptors (Lipinski definition) is 6. The summed E-state index contributed by atoms with van der Waals surface area (Å²) < 4.78 is 13.1. The molecule has 1 unspecified atom stereocenters. The van der Waals surface area contributed by atoms with Gasteiger partial charge < -0.3 is 19.3 Å². The van der Waals surface area contributed by atoms with Crippen molar-refractivity contribution >= 4 is 11.6 Å². The van der Waals surface area contributed by atoms with Crippen molar-refractivity contribution in [3.05, 3.63) is 71.5 Å². The number of ether oxygens (including phenoxy) is 2. The minimum Gasteiger partial charge on any atom is -0.497 e. The van der Waals surface area contributed by atoms with Crippen molar-refractivity contribution in [1.29, 1.82) is 0 Å². The molecule has 8 nitrogen and oxygen atoms in total. The van der Waals surface area contributed by atoms with Crippen LogP contribution in [0.1, 0.15) is 27.8 Å². The number of hydrogen-bond donors (Lipinski definition) is 0. The third-order valence-electron chi connectivity index (χ3n) is 5.98. The monoisotopic (exact) mass is 419 g/mol. The van der Waals surface area contributed by atoms with Crippen LogP contribution in [0.5, 0.6) is 5.75 Å². The number of carbonyl (C=O) groups excluding carboxylic acids is 1. The number of benzene rings is 2. The molecule has 1 fully saturated rings. The molecule has 0 N–H and O–H groups in total. The van der Waals surface area contributed by atoms with Crippen molar-refractivity contribution in [2.45, 2.75) is 19.3 Å². The Kier molecular flexibility index (Phi) is 5.30. The van der Waals surface area contributed by atoms with Gasteiger partial charge in [0, 0.05) is 31.9 Å². The normalized spacial score (nSPS) is 18.5. The molecule has 0 saturated carbocycles. The average molecular weight is 419 g/mol. The summed E-state index contributed by atoms with van der Waals surface area (Å²) in [4.78, 5) is 17.3. The molecule has 3 heterocycles. The molecule has 1 amide bonds. The second-order valence-electron chi connectivity index (χ2n) is 7.75. The molecule has 160 valence electrons. The Labute approximate surface area is 181 Å². The highest BCUT2D eigenvalue weighted by atomic mass is 16.5. The molecule has 0 spiro atoms. The summed E-state index contributed by atoms with van der Waals surface area (Å²) in [7, 11) is 1.65. The Balaban J connectivity index is 1.25. The van der Waals surface area contributed by atoms with Gasteiger partial charge in [0.25, 0.3) is 5.91 Å². The van der Waals surface area contributed by atoms with Gasteiger partial charge in [0.05, 0.1) is 26.0 Å². The Hall–Kier alpha value is -3.39. The molecular formula is C23H25N5O3. The van der Waals surface area contributed by atoms with Crippen molar-refractivity contribution in [3.8, 4) is 5.75 Å². The number of nitrogens with zero attached hydrogens (tertiary/aromatic N) is 5. The van der Waals surface area contributed by atoms with Gasteiger partial charge in [-0.3, -0.25) is 4.79 Å². The third-order valence-corrected chi connectivity index (χ3v) is 5.98. The summed E-state index contributed by atoms with van der Waals surface area (Å²) in [6.45, 7) is 3.77. The standard InChI is InChI=1S/C23H25N5O3/c1-30-19-9-7-17(8-10-19)21-15-28-20(16-31-21)22(24-25-28)23(29)27-13-11-26(12-14-27)18-5-3-2-4-6-18/h2-10,21H,11-16H2,1H3. The lowest BCUT2D eigenvalue weighted by Gasteiger charge is -2.36. The van der Waals surface area contributed by atoms with Crippen LogP contribution in [0.25, 0.3) is 0 Å². The Bertz CT molecular complexity index is 1040. The van der Waals surface area contributed by atoms with Gasteiger partial charge in [-0.2, -0.15) is 0 Å².